The average Bonchev–Trinajstić information content (AvgIpc) is 2.84. The normalized spacial score (nSPS) is 17.0. The van der Waals surface area contributed by atoms with Crippen molar-refractivity contribution in [2.45, 2.75) is 85.0 Å². The van der Waals surface area contributed by atoms with E-state index in [0.29, 0.717) is 19.3 Å². The zero-order chi connectivity index (χ0) is 27.3. The van der Waals surface area contributed by atoms with Gasteiger partial charge in [0.15, 0.2) is 0 Å². The number of nitrogens with two attached hydrogens (primary N) is 1. The lowest BCUT2D eigenvalue weighted by Crippen LogP contribution is -2.59. The van der Waals surface area contributed by atoms with Crippen molar-refractivity contribution in [2.24, 2.45) is 23.5 Å². The maximum Gasteiger partial charge on any atom is 0.326 e. The van der Waals surface area contributed by atoms with Crippen molar-refractivity contribution >= 4 is 29.6 Å². The van der Waals surface area contributed by atoms with Gasteiger partial charge in [0.05, 0.1) is 19.2 Å². The molecule has 0 aliphatic rings. The smallest absolute Gasteiger partial charge is 0.326 e. The molecule has 0 radical (unpaired) electrons. The topological polar surface area (TPSA) is 200 Å². The van der Waals surface area contributed by atoms with Crippen LogP contribution in [0.4, 0.5) is 0 Å². The van der Waals surface area contributed by atoms with Crippen molar-refractivity contribution in [3.63, 3.8) is 0 Å². The van der Waals surface area contributed by atoms with E-state index in [1.807, 2.05) is 13.8 Å². The molecule has 0 saturated heterocycles. The van der Waals surface area contributed by atoms with Crippen LogP contribution in [0.1, 0.15) is 60.8 Å². The van der Waals surface area contributed by atoms with Crippen LogP contribution in [-0.4, -0.2) is 77.1 Å². The predicted molar refractivity (Wildman–Crippen MR) is 130 cm³/mol. The van der Waals surface area contributed by atoms with Crippen LogP contribution in [0.15, 0.2) is 0 Å². The second kappa shape index (κ2) is 16.0. The number of carbonyl (C=O) groups excluding carboxylic acids is 4. The maximum absolute atomic E-state index is 12.9. The molecule has 8 N–H and O–H groups in total. The number of hydrogen-bond donors (Lipinski definition) is 7. The number of aliphatic carboxylic acids is 1. The van der Waals surface area contributed by atoms with Gasteiger partial charge in [-0.25, -0.2) is 4.79 Å². The molecule has 202 valence electrons. The van der Waals surface area contributed by atoms with Crippen LogP contribution >= 0.6 is 0 Å². The molecule has 0 aliphatic heterocycles. The summed E-state index contributed by atoms with van der Waals surface area (Å²) in [6, 6.07) is -4.39. The molecule has 0 aliphatic carbocycles. The quantitative estimate of drug-likeness (QED) is 0.141. The van der Waals surface area contributed by atoms with Crippen LogP contribution in [0, 0.1) is 17.8 Å². The standard InChI is InChI=1S/C23H43N5O7/c1-7-12(4)17(24)21(32)25-10-16(30)26-15(11-29)20(31)27-18(13(5)8-2)22(33)28-19(23(34)35)14(6)9-3/h12-15,17-19,29H,7-11,24H2,1-6H3,(H,25,32)(H,26,30)(H,27,31)(H,28,33)(H,34,35)/t12-,13-,14-,15-,17-,18-,19-/m0/s1. The van der Waals surface area contributed by atoms with E-state index < -0.39 is 66.9 Å². The Morgan fingerprint density at radius 1 is 0.743 bits per heavy atom. The first-order valence-electron chi connectivity index (χ1n) is 12.1. The molecular formula is C23H43N5O7. The molecule has 35 heavy (non-hydrogen) atoms. The van der Waals surface area contributed by atoms with E-state index in [2.05, 4.69) is 21.3 Å². The number of rotatable bonds is 16. The fourth-order valence-corrected chi connectivity index (χ4v) is 3.12. The lowest BCUT2D eigenvalue weighted by atomic mass is 9.95. The number of carbonyl (C=O) groups is 5. The van der Waals surface area contributed by atoms with E-state index in [0.717, 1.165) is 0 Å². The van der Waals surface area contributed by atoms with E-state index in [9.17, 15) is 34.2 Å². The Balaban J connectivity index is 5.22. The van der Waals surface area contributed by atoms with Crippen LogP contribution < -0.4 is 27.0 Å². The van der Waals surface area contributed by atoms with Gasteiger partial charge in [-0.15, -0.1) is 0 Å². The van der Waals surface area contributed by atoms with Crippen molar-refractivity contribution in [1.82, 2.24) is 21.3 Å². The molecular weight excluding hydrogens is 458 g/mol. The van der Waals surface area contributed by atoms with Crippen LogP contribution in [0.25, 0.3) is 0 Å². The minimum atomic E-state index is -1.38. The van der Waals surface area contributed by atoms with E-state index >= 15 is 0 Å². The molecule has 0 saturated carbocycles. The van der Waals surface area contributed by atoms with E-state index in [4.69, 9.17) is 5.73 Å². The van der Waals surface area contributed by atoms with E-state index in [-0.39, 0.29) is 17.8 Å². The second-order valence-electron chi connectivity index (χ2n) is 9.01. The Hall–Kier alpha value is -2.73. The summed E-state index contributed by atoms with van der Waals surface area (Å²) in [6.07, 6.45) is 1.70. The average molecular weight is 502 g/mol. The van der Waals surface area contributed by atoms with E-state index in [1.54, 1.807) is 27.7 Å². The number of hydrogen-bond acceptors (Lipinski definition) is 7. The predicted octanol–water partition coefficient (Wildman–Crippen LogP) is -0.900. The number of carboxylic acids is 1. The van der Waals surface area contributed by atoms with Gasteiger partial charge in [-0.1, -0.05) is 60.8 Å². The minimum Gasteiger partial charge on any atom is -0.480 e. The van der Waals surface area contributed by atoms with Gasteiger partial charge >= 0.3 is 5.97 Å². The summed E-state index contributed by atoms with van der Waals surface area (Å²) in [6.45, 7) is 9.51. The third-order valence-corrected chi connectivity index (χ3v) is 6.39. The summed E-state index contributed by atoms with van der Waals surface area (Å²) < 4.78 is 0. The van der Waals surface area contributed by atoms with Crippen LogP contribution in [-0.2, 0) is 24.0 Å². The number of nitrogens with one attached hydrogen (secondary N) is 4. The monoisotopic (exact) mass is 501 g/mol. The largest absolute Gasteiger partial charge is 0.480 e. The Morgan fingerprint density at radius 3 is 1.69 bits per heavy atom. The number of aliphatic hydroxyl groups excluding tert-OH is 1. The van der Waals surface area contributed by atoms with Crippen molar-refractivity contribution in [1.29, 1.82) is 0 Å². The molecule has 0 aromatic rings. The van der Waals surface area contributed by atoms with Gasteiger partial charge < -0.3 is 37.2 Å². The third kappa shape index (κ3) is 10.6. The minimum absolute atomic E-state index is 0.0845. The molecule has 0 spiro atoms. The molecule has 0 heterocycles. The Morgan fingerprint density at radius 2 is 1.23 bits per heavy atom. The summed E-state index contributed by atoms with van der Waals surface area (Å²) in [5, 5.41) is 28.8. The maximum atomic E-state index is 12.9. The van der Waals surface area contributed by atoms with Gasteiger partial charge in [-0.2, -0.15) is 0 Å². The summed E-state index contributed by atoms with van der Waals surface area (Å²) >= 11 is 0. The zero-order valence-corrected chi connectivity index (χ0v) is 21.6. The van der Waals surface area contributed by atoms with Gasteiger partial charge in [0.2, 0.25) is 23.6 Å². The highest BCUT2D eigenvalue weighted by Crippen LogP contribution is 2.12. The highest BCUT2D eigenvalue weighted by molar-refractivity contribution is 5.94. The molecule has 0 rings (SSSR count). The van der Waals surface area contributed by atoms with Gasteiger partial charge in [0, 0.05) is 0 Å². The van der Waals surface area contributed by atoms with Crippen LogP contribution in [0.5, 0.6) is 0 Å². The molecule has 0 aromatic carbocycles. The molecule has 12 heteroatoms. The number of aliphatic hydroxyl groups is 1. The summed E-state index contributed by atoms with van der Waals surface area (Å²) in [5.74, 6) is -4.69. The first-order valence-corrected chi connectivity index (χ1v) is 12.1. The van der Waals surface area contributed by atoms with E-state index in [1.165, 1.54) is 0 Å². The Bertz CT molecular complexity index is 733. The summed E-state index contributed by atoms with van der Waals surface area (Å²) in [5.41, 5.74) is 5.82. The van der Waals surface area contributed by atoms with Gasteiger partial charge in [-0.3, -0.25) is 19.2 Å². The Kier molecular flexibility index (Phi) is 14.8. The fraction of sp³-hybridized carbons (Fsp3) is 0.783. The van der Waals surface area contributed by atoms with Gasteiger partial charge in [0.1, 0.15) is 18.1 Å². The Labute approximate surface area is 207 Å². The third-order valence-electron chi connectivity index (χ3n) is 6.39. The molecule has 12 nitrogen and oxygen atoms in total. The summed E-state index contributed by atoms with van der Waals surface area (Å²) in [7, 11) is 0. The van der Waals surface area contributed by atoms with Crippen LogP contribution in [0.2, 0.25) is 0 Å². The second-order valence-corrected chi connectivity index (χ2v) is 9.01. The van der Waals surface area contributed by atoms with Crippen molar-refractivity contribution in [3.8, 4) is 0 Å². The first kappa shape index (κ1) is 32.3. The van der Waals surface area contributed by atoms with Crippen molar-refractivity contribution in [3.05, 3.63) is 0 Å². The highest BCUT2D eigenvalue weighted by atomic mass is 16.4. The molecule has 4 amide bonds. The first-order chi connectivity index (χ1) is 16.3. The SMILES string of the molecule is CC[C@H](C)[C@H](N)C(=O)NCC(=O)N[C@@H](CO)C(=O)N[C@H](C(=O)N[C@H](C(=O)O)[C@@H](C)CC)[C@@H](C)CC. The molecule has 7 atom stereocenters. The van der Waals surface area contributed by atoms with Gasteiger partial charge in [0.25, 0.3) is 0 Å². The number of carboxylic acid groups (broad SMARTS) is 1. The molecule has 0 unspecified atom stereocenters. The lowest BCUT2D eigenvalue weighted by molar-refractivity contribution is -0.144. The van der Waals surface area contributed by atoms with Crippen LogP contribution in [0.3, 0.4) is 0 Å². The summed E-state index contributed by atoms with van der Waals surface area (Å²) in [4.78, 5) is 61.4. The number of amides is 4. The van der Waals surface area contributed by atoms with Crippen molar-refractivity contribution < 1.29 is 34.2 Å². The van der Waals surface area contributed by atoms with Gasteiger partial charge in [-0.05, 0) is 17.8 Å². The zero-order valence-electron chi connectivity index (χ0n) is 21.6. The molecule has 0 bridgehead atoms. The molecule has 0 fully saturated rings. The molecule has 0 aromatic heterocycles. The highest BCUT2D eigenvalue weighted by Gasteiger charge is 2.33. The van der Waals surface area contributed by atoms with Crippen molar-refractivity contribution in [2.75, 3.05) is 13.2 Å². The fourth-order valence-electron chi connectivity index (χ4n) is 3.12. The lowest BCUT2D eigenvalue weighted by Gasteiger charge is -2.28.